The molecule has 0 aliphatic rings. The third-order valence-corrected chi connectivity index (χ3v) is 6.91. The molecule has 0 unspecified atom stereocenters. The number of amides is 1. The Kier molecular flexibility index (Phi) is 6.75. The van der Waals surface area contributed by atoms with Gasteiger partial charge in [0.2, 0.25) is 5.91 Å². The van der Waals surface area contributed by atoms with Crippen LogP contribution in [0.3, 0.4) is 0 Å². The molecule has 1 amide bonds. The highest BCUT2D eigenvalue weighted by Crippen LogP contribution is 2.28. The summed E-state index contributed by atoms with van der Waals surface area (Å²) >= 11 is 2.47. The standard InChI is InChI=1S/C23H19FN4O4S2/c1-12-6-7-13(9-15(12)24)25-18(29)11-34-23-27-21(30)19-14(22(31)32-3)10-16(17-5-4-8-33-17)26-20(19)28(23)2/h4-10H,11H2,1-3H3,(H,25,29). The molecule has 0 fully saturated rings. The van der Waals surface area contributed by atoms with Gasteiger partial charge in [-0.05, 0) is 42.1 Å². The number of thioether (sulfide) groups is 1. The van der Waals surface area contributed by atoms with Gasteiger partial charge in [0.15, 0.2) is 5.16 Å². The average molecular weight is 499 g/mol. The molecule has 1 aromatic carbocycles. The normalized spacial score (nSPS) is 10.9. The van der Waals surface area contributed by atoms with Gasteiger partial charge in [0, 0.05) is 12.7 Å². The zero-order chi connectivity index (χ0) is 24.4. The zero-order valence-corrected chi connectivity index (χ0v) is 20.1. The SMILES string of the molecule is COC(=O)c1cc(-c2cccs2)nc2c1c(=O)nc(SCC(=O)Nc1ccc(C)c(F)c1)n2C. The van der Waals surface area contributed by atoms with Crippen molar-refractivity contribution in [3.63, 3.8) is 0 Å². The fourth-order valence-electron chi connectivity index (χ4n) is 3.24. The number of ether oxygens (including phenoxy) is 1. The van der Waals surface area contributed by atoms with Gasteiger partial charge in [0.25, 0.3) is 5.56 Å². The number of fused-ring (bicyclic) bond motifs is 1. The largest absolute Gasteiger partial charge is 0.465 e. The van der Waals surface area contributed by atoms with E-state index in [1.807, 2.05) is 17.5 Å². The van der Waals surface area contributed by atoms with Crippen molar-refractivity contribution in [1.82, 2.24) is 14.5 Å². The Balaban J connectivity index is 1.68. The van der Waals surface area contributed by atoms with E-state index in [1.54, 1.807) is 30.7 Å². The molecule has 0 aliphatic heterocycles. The fraction of sp³-hybridized carbons (Fsp3) is 0.174. The number of halogens is 1. The lowest BCUT2D eigenvalue weighted by Crippen LogP contribution is -2.20. The van der Waals surface area contributed by atoms with Crippen molar-refractivity contribution in [3.05, 3.63) is 69.1 Å². The smallest absolute Gasteiger partial charge is 0.338 e. The summed E-state index contributed by atoms with van der Waals surface area (Å²) in [4.78, 5) is 47.2. The highest BCUT2D eigenvalue weighted by molar-refractivity contribution is 7.99. The summed E-state index contributed by atoms with van der Waals surface area (Å²) in [6, 6.07) is 9.65. The minimum absolute atomic E-state index is 0.0404. The first-order valence-electron chi connectivity index (χ1n) is 10.0. The van der Waals surface area contributed by atoms with Crippen molar-refractivity contribution in [1.29, 1.82) is 0 Å². The Hall–Kier alpha value is -3.57. The van der Waals surface area contributed by atoms with Crippen LogP contribution in [0.4, 0.5) is 10.1 Å². The predicted octanol–water partition coefficient (Wildman–Crippen LogP) is 4.02. The van der Waals surface area contributed by atoms with Gasteiger partial charge in [-0.25, -0.2) is 14.2 Å². The second-order valence-electron chi connectivity index (χ2n) is 7.28. The van der Waals surface area contributed by atoms with Crippen molar-refractivity contribution in [2.24, 2.45) is 7.05 Å². The maximum Gasteiger partial charge on any atom is 0.338 e. The summed E-state index contributed by atoms with van der Waals surface area (Å²) < 4.78 is 20.2. The van der Waals surface area contributed by atoms with Gasteiger partial charge < -0.3 is 14.6 Å². The Morgan fingerprint density at radius 2 is 2.03 bits per heavy atom. The molecule has 174 valence electrons. The quantitative estimate of drug-likeness (QED) is 0.243. The minimum Gasteiger partial charge on any atom is -0.465 e. The Bertz CT molecular complexity index is 1470. The molecule has 0 saturated heterocycles. The number of anilines is 1. The fourth-order valence-corrected chi connectivity index (χ4v) is 4.69. The van der Waals surface area contributed by atoms with Gasteiger partial charge in [-0.15, -0.1) is 11.3 Å². The second kappa shape index (κ2) is 9.74. The molecule has 11 heteroatoms. The number of benzene rings is 1. The topological polar surface area (TPSA) is 103 Å². The van der Waals surface area contributed by atoms with Gasteiger partial charge >= 0.3 is 5.97 Å². The lowest BCUT2D eigenvalue weighted by molar-refractivity contribution is -0.113. The number of pyridine rings is 1. The van der Waals surface area contributed by atoms with Crippen molar-refractivity contribution >= 4 is 51.7 Å². The van der Waals surface area contributed by atoms with Crippen LogP contribution in [0.25, 0.3) is 21.6 Å². The van der Waals surface area contributed by atoms with Crippen molar-refractivity contribution in [2.75, 3.05) is 18.2 Å². The van der Waals surface area contributed by atoms with E-state index in [1.165, 1.54) is 30.6 Å². The van der Waals surface area contributed by atoms with Crippen LogP contribution in [0.2, 0.25) is 0 Å². The number of hydrogen-bond acceptors (Lipinski definition) is 8. The molecule has 1 N–H and O–H groups in total. The Labute approximate surface area is 201 Å². The Morgan fingerprint density at radius 1 is 1.24 bits per heavy atom. The molecule has 3 aromatic heterocycles. The van der Waals surface area contributed by atoms with Crippen molar-refractivity contribution < 1.29 is 18.7 Å². The predicted molar refractivity (Wildman–Crippen MR) is 130 cm³/mol. The number of nitrogens with one attached hydrogen (secondary N) is 1. The number of carbonyl (C=O) groups excluding carboxylic acids is 2. The molecule has 34 heavy (non-hydrogen) atoms. The molecule has 8 nitrogen and oxygen atoms in total. The lowest BCUT2D eigenvalue weighted by atomic mass is 10.1. The van der Waals surface area contributed by atoms with E-state index in [9.17, 15) is 18.8 Å². The van der Waals surface area contributed by atoms with E-state index in [2.05, 4.69) is 15.3 Å². The molecule has 0 atom stereocenters. The van der Waals surface area contributed by atoms with Crippen LogP contribution in [-0.4, -0.2) is 39.3 Å². The van der Waals surface area contributed by atoms with Gasteiger partial charge in [-0.3, -0.25) is 9.59 Å². The van der Waals surface area contributed by atoms with E-state index in [-0.39, 0.29) is 27.5 Å². The molecule has 0 spiro atoms. The number of esters is 1. The summed E-state index contributed by atoms with van der Waals surface area (Å²) in [5.74, 6) is -1.55. The summed E-state index contributed by atoms with van der Waals surface area (Å²) in [6.45, 7) is 1.63. The third-order valence-electron chi connectivity index (χ3n) is 4.98. The van der Waals surface area contributed by atoms with E-state index in [0.717, 1.165) is 16.6 Å². The molecule has 0 saturated carbocycles. The number of methoxy groups -OCH3 is 1. The summed E-state index contributed by atoms with van der Waals surface area (Å²) in [5.41, 5.74) is 0.985. The first-order valence-corrected chi connectivity index (χ1v) is 11.9. The van der Waals surface area contributed by atoms with Crippen LogP contribution in [0.5, 0.6) is 0 Å². The maximum absolute atomic E-state index is 13.7. The van der Waals surface area contributed by atoms with Crippen molar-refractivity contribution in [3.8, 4) is 10.6 Å². The minimum atomic E-state index is -0.672. The van der Waals surface area contributed by atoms with Gasteiger partial charge in [0.05, 0.1) is 34.4 Å². The molecular formula is C23H19FN4O4S2. The average Bonchev–Trinajstić information content (AvgIpc) is 3.36. The molecule has 0 aliphatic carbocycles. The highest BCUT2D eigenvalue weighted by atomic mass is 32.2. The molecule has 3 heterocycles. The van der Waals surface area contributed by atoms with Crippen LogP contribution in [0.15, 0.2) is 51.7 Å². The summed E-state index contributed by atoms with van der Waals surface area (Å²) in [6.07, 6.45) is 0. The third kappa shape index (κ3) is 4.70. The summed E-state index contributed by atoms with van der Waals surface area (Å²) in [5, 5.41) is 4.78. The number of aromatic nitrogens is 3. The number of carbonyl (C=O) groups is 2. The van der Waals surface area contributed by atoms with E-state index < -0.39 is 23.3 Å². The maximum atomic E-state index is 13.7. The highest BCUT2D eigenvalue weighted by Gasteiger charge is 2.21. The number of hydrogen-bond donors (Lipinski definition) is 1. The molecule has 4 rings (SSSR count). The number of nitrogens with zero attached hydrogens (tertiary/aromatic N) is 3. The summed E-state index contributed by atoms with van der Waals surface area (Å²) in [7, 11) is 2.89. The van der Waals surface area contributed by atoms with Gasteiger partial charge in [-0.2, -0.15) is 4.98 Å². The van der Waals surface area contributed by atoms with E-state index in [0.29, 0.717) is 16.9 Å². The number of rotatable bonds is 6. The van der Waals surface area contributed by atoms with Gasteiger partial charge in [-0.1, -0.05) is 23.9 Å². The number of thiophene rings is 1. The molecule has 0 bridgehead atoms. The lowest BCUT2D eigenvalue weighted by Gasteiger charge is -2.13. The van der Waals surface area contributed by atoms with E-state index >= 15 is 0 Å². The van der Waals surface area contributed by atoms with Crippen LogP contribution < -0.4 is 10.9 Å². The van der Waals surface area contributed by atoms with Crippen molar-refractivity contribution in [2.45, 2.75) is 12.1 Å². The first kappa shape index (κ1) is 23.6. The molecule has 0 radical (unpaired) electrons. The van der Waals surface area contributed by atoms with E-state index in [4.69, 9.17) is 4.74 Å². The first-order chi connectivity index (χ1) is 16.3. The number of aryl methyl sites for hydroxylation is 2. The van der Waals surface area contributed by atoms with Crippen LogP contribution >= 0.6 is 23.1 Å². The monoisotopic (exact) mass is 498 g/mol. The molecular weight excluding hydrogens is 479 g/mol. The Morgan fingerprint density at radius 3 is 2.71 bits per heavy atom. The second-order valence-corrected chi connectivity index (χ2v) is 9.17. The molecule has 4 aromatic rings. The van der Waals surface area contributed by atoms with Crippen LogP contribution in [-0.2, 0) is 16.6 Å². The van der Waals surface area contributed by atoms with Gasteiger partial charge in [0.1, 0.15) is 11.5 Å². The zero-order valence-electron chi connectivity index (χ0n) is 18.4. The van der Waals surface area contributed by atoms with Crippen LogP contribution in [0, 0.1) is 12.7 Å². The van der Waals surface area contributed by atoms with Crippen LogP contribution in [0.1, 0.15) is 15.9 Å².